The molecule has 15 heteroatoms. The summed E-state index contributed by atoms with van der Waals surface area (Å²) >= 11 is 5.25. The predicted molar refractivity (Wildman–Crippen MR) is 119 cm³/mol. The van der Waals surface area contributed by atoms with Crippen molar-refractivity contribution < 1.29 is 39.0 Å². The van der Waals surface area contributed by atoms with Crippen LogP contribution in [-0.2, 0) is 28.8 Å². The number of hydrogen-bond donors (Lipinski definition) is 8. The zero-order valence-corrected chi connectivity index (χ0v) is 19.1. The third kappa shape index (κ3) is 11.8. The summed E-state index contributed by atoms with van der Waals surface area (Å²) in [5, 5.41) is 24.8. The number of aliphatic carboxylic acids is 2. The number of amides is 4. The molecule has 0 radical (unpaired) electrons. The standard InChI is InChI=1S/C17H29N5O8S2/c1-32-5-4-10(16(28)22-11(17(29)30)6-13(24)25)21-15(27)9(2-3-12(19)23)20-14(26)8(18)7-31/h8-11,31H,2-7,18H2,1H3,(H2,19,23)(H,20,26)(H,21,27)(H,22,28)(H,24,25)(H,29,30). The Hall–Kier alpha value is -2.52. The molecule has 0 saturated carbocycles. The lowest BCUT2D eigenvalue weighted by atomic mass is 10.1. The Labute approximate surface area is 194 Å². The first-order valence-corrected chi connectivity index (χ1v) is 11.4. The molecule has 182 valence electrons. The van der Waals surface area contributed by atoms with Crippen LogP contribution >= 0.6 is 24.4 Å². The Kier molecular flexibility index (Phi) is 14.1. The van der Waals surface area contributed by atoms with E-state index in [-0.39, 0.29) is 25.0 Å². The first kappa shape index (κ1) is 29.5. The van der Waals surface area contributed by atoms with Gasteiger partial charge < -0.3 is 37.6 Å². The van der Waals surface area contributed by atoms with Crippen molar-refractivity contribution in [3.63, 3.8) is 0 Å². The number of nitrogens with one attached hydrogen (secondary N) is 3. The lowest BCUT2D eigenvalue weighted by molar-refractivity contribution is -0.147. The molecule has 0 aromatic heterocycles. The van der Waals surface area contributed by atoms with Crippen LogP contribution in [0.5, 0.6) is 0 Å². The average molecular weight is 496 g/mol. The predicted octanol–water partition coefficient (Wildman–Crippen LogP) is -2.72. The van der Waals surface area contributed by atoms with Crippen molar-refractivity contribution in [2.24, 2.45) is 11.5 Å². The van der Waals surface area contributed by atoms with E-state index in [1.165, 1.54) is 11.8 Å². The molecule has 0 fully saturated rings. The topological polar surface area (TPSA) is 231 Å². The summed E-state index contributed by atoms with van der Waals surface area (Å²) in [6, 6.07) is -5.20. The van der Waals surface area contributed by atoms with E-state index in [0.29, 0.717) is 5.75 Å². The summed E-state index contributed by atoms with van der Waals surface area (Å²) in [4.78, 5) is 70.5. The lowest BCUT2D eigenvalue weighted by Crippen LogP contribution is -2.57. The third-order valence-corrected chi connectivity index (χ3v) is 5.12. The van der Waals surface area contributed by atoms with Crippen molar-refractivity contribution in [2.75, 3.05) is 17.8 Å². The molecule has 0 spiro atoms. The van der Waals surface area contributed by atoms with E-state index < -0.39 is 66.2 Å². The molecule has 0 saturated heterocycles. The van der Waals surface area contributed by atoms with E-state index in [2.05, 4.69) is 28.6 Å². The molecule has 0 aromatic rings. The molecule has 4 unspecified atom stereocenters. The van der Waals surface area contributed by atoms with Crippen LogP contribution in [-0.4, -0.2) is 87.7 Å². The van der Waals surface area contributed by atoms with Crippen molar-refractivity contribution >= 4 is 60.0 Å². The third-order valence-electron chi connectivity index (χ3n) is 4.08. The fraction of sp³-hybridized carbons (Fsp3) is 0.647. The van der Waals surface area contributed by atoms with E-state index in [1.807, 2.05) is 0 Å². The Morgan fingerprint density at radius 2 is 1.41 bits per heavy atom. The summed E-state index contributed by atoms with van der Waals surface area (Å²) < 4.78 is 0. The highest BCUT2D eigenvalue weighted by Crippen LogP contribution is 2.06. The first-order chi connectivity index (χ1) is 14.9. The molecule has 0 heterocycles. The van der Waals surface area contributed by atoms with Gasteiger partial charge in [-0.1, -0.05) is 0 Å². The van der Waals surface area contributed by atoms with Crippen LogP contribution in [0.1, 0.15) is 25.7 Å². The largest absolute Gasteiger partial charge is 0.481 e. The number of carboxylic acids is 2. The number of rotatable bonds is 16. The van der Waals surface area contributed by atoms with Gasteiger partial charge in [0.25, 0.3) is 0 Å². The van der Waals surface area contributed by atoms with Gasteiger partial charge in [0.1, 0.15) is 18.1 Å². The summed E-state index contributed by atoms with van der Waals surface area (Å²) in [7, 11) is 0. The second-order valence-corrected chi connectivity index (χ2v) is 8.05. The number of nitrogens with two attached hydrogens (primary N) is 2. The van der Waals surface area contributed by atoms with Crippen LogP contribution in [0.3, 0.4) is 0 Å². The molecular weight excluding hydrogens is 466 g/mol. The maximum absolute atomic E-state index is 12.7. The van der Waals surface area contributed by atoms with Crippen LogP contribution in [0.25, 0.3) is 0 Å². The first-order valence-electron chi connectivity index (χ1n) is 9.42. The van der Waals surface area contributed by atoms with Gasteiger partial charge in [-0.15, -0.1) is 0 Å². The number of carboxylic acid groups (broad SMARTS) is 2. The molecule has 13 nitrogen and oxygen atoms in total. The Morgan fingerprint density at radius 1 is 0.906 bits per heavy atom. The van der Waals surface area contributed by atoms with Gasteiger partial charge in [-0.05, 0) is 24.9 Å². The van der Waals surface area contributed by atoms with Crippen molar-refractivity contribution in [2.45, 2.75) is 49.9 Å². The number of carbonyl (C=O) groups is 6. The molecule has 32 heavy (non-hydrogen) atoms. The molecule has 4 amide bonds. The molecule has 9 N–H and O–H groups in total. The van der Waals surface area contributed by atoms with E-state index in [4.69, 9.17) is 21.7 Å². The summed E-state index contributed by atoms with van der Waals surface area (Å²) in [6.07, 6.45) is 0.569. The highest BCUT2D eigenvalue weighted by molar-refractivity contribution is 7.98. The maximum Gasteiger partial charge on any atom is 0.326 e. The zero-order valence-electron chi connectivity index (χ0n) is 17.4. The minimum absolute atomic E-state index is 0.00506. The van der Waals surface area contributed by atoms with E-state index >= 15 is 0 Å². The minimum atomic E-state index is -1.70. The normalized spacial score (nSPS) is 14.3. The second-order valence-electron chi connectivity index (χ2n) is 6.70. The Morgan fingerprint density at radius 3 is 1.84 bits per heavy atom. The Balaban J connectivity index is 5.48. The highest BCUT2D eigenvalue weighted by atomic mass is 32.2. The highest BCUT2D eigenvalue weighted by Gasteiger charge is 2.31. The van der Waals surface area contributed by atoms with Gasteiger partial charge in [0.2, 0.25) is 23.6 Å². The minimum Gasteiger partial charge on any atom is -0.481 e. The SMILES string of the molecule is CSCCC(NC(=O)C(CCC(N)=O)NC(=O)C(N)CS)C(=O)NC(CC(=O)O)C(=O)O. The van der Waals surface area contributed by atoms with Gasteiger partial charge in [0.05, 0.1) is 12.5 Å². The van der Waals surface area contributed by atoms with Gasteiger partial charge in [-0.3, -0.25) is 24.0 Å². The molecule has 0 aliphatic carbocycles. The Bertz CT molecular complexity index is 708. The number of thiol groups is 1. The molecule has 0 aliphatic heterocycles. The van der Waals surface area contributed by atoms with Gasteiger partial charge in [-0.25, -0.2) is 4.79 Å². The summed E-state index contributed by atoms with van der Waals surface area (Å²) in [6.45, 7) is 0. The van der Waals surface area contributed by atoms with Crippen LogP contribution in [0.15, 0.2) is 0 Å². The van der Waals surface area contributed by atoms with Gasteiger partial charge in [0, 0.05) is 12.2 Å². The van der Waals surface area contributed by atoms with Crippen LogP contribution in [0.4, 0.5) is 0 Å². The smallest absolute Gasteiger partial charge is 0.326 e. The number of primary amides is 1. The zero-order chi connectivity index (χ0) is 24.8. The summed E-state index contributed by atoms with van der Waals surface area (Å²) in [5.41, 5.74) is 10.7. The number of hydrogen-bond acceptors (Lipinski definition) is 9. The molecule has 0 aliphatic rings. The molecule has 0 rings (SSSR count). The van der Waals surface area contributed by atoms with Crippen molar-refractivity contribution in [3.8, 4) is 0 Å². The molecule has 4 atom stereocenters. The van der Waals surface area contributed by atoms with Gasteiger partial charge in [-0.2, -0.15) is 24.4 Å². The van der Waals surface area contributed by atoms with Gasteiger partial charge in [0.15, 0.2) is 0 Å². The van der Waals surface area contributed by atoms with Crippen molar-refractivity contribution in [1.82, 2.24) is 16.0 Å². The maximum atomic E-state index is 12.7. The van der Waals surface area contributed by atoms with E-state index in [1.54, 1.807) is 6.26 Å². The van der Waals surface area contributed by atoms with E-state index in [9.17, 15) is 28.8 Å². The molecular formula is C17H29N5O8S2. The molecule has 0 aromatic carbocycles. The van der Waals surface area contributed by atoms with Gasteiger partial charge >= 0.3 is 11.9 Å². The van der Waals surface area contributed by atoms with Crippen LogP contribution in [0.2, 0.25) is 0 Å². The number of carbonyl (C=O) groups excluding carboxylic acids is 4. The fourth-order valence-electron chi connectivity index (χ4n) is 2.34. The number of thioether (sulfide) groups is 1. The quantitative estimate of drug-likeness (QED) is 0.103. The van der Waals surface area contributed by atoms with Crippen molar-refractivity contribution in [1.29, 1.82) is 0 Å². The lowest BCUT2D eigenvalue weighted by Gasteiger charge is -2.24. The second kappa shape index (κ2) is 15.3. The van der Waals surface area contributed by atoms with E-state index in [0.717, 1.165) is 0 Å². The van der Waals surface area contributed by atoms with Crippen molar-refractivity contribution in [3.05, 3.63) is 0 Å². The fourth-order valence-corrected chi connectivity index (χ4v) is 2.98. The molecule has 0 bridgehead atoms. The summed E-state index contributed by atoms with van der Waals surface area (Å²) in [5.74, 6) is -5.75. The monoisotopic (exact) mass is 495 g/mol. The van der Waals surface area contributed by atoms with Crippen LogP contribution < -0.4 is 27.4 Å². The van der Waals surface area contributed by atoms with Crippen LogP contribution in [0, 0.1) is 0 Å². The average Bonchev–Trinajstić information content (AvgIpc) is 2.71.